The molecule has 0 aliphatic heterocycles. The predicted octanol–water partition coefficient (Wildman–Crippen LogP) is 13.1. The number of hydrogen-bond acceptors (Lipinski definition) is 0. The lowest BCUT2D eigenvalue weighted by molar-refractivity contribution is 1.14. The summed E-state index contributed by atoms with van der Waals surface area (Å²) in [6, 6.07) is 54.8. The van der Waals surface area contributed by atoms with Crippen molar-refractivity contribution in [3.63, 3.8) is 0 Å². The van der Waals surface area contributed by atoms with E-state index < -0.39 is 0 Å². The highest BCUT2D eigenvalue weighted by Gasteiger charge is 2.30. The van der Waals surface area contributed by atoms with Crippen LogP contribution in [0.25, 0.3) is 86.9 Å². The smallest absolute Gasteiger partial charge is 0.00696 e. The molecule has 0 spiro atoms. The van der Waals surface area contributed by atoms with Gasteiger partial charge in [0.05, 0.1) is 0 Å². The molecular formula is C46H32. The molecule has 9 aromatic rings. The Morgan fingerprint density at radius 3 is 1.65 bits per heavy atom. The molecule has 0 bridgehead atoms. The van der Waals surface area contributed by atoms with Gasteiger partial charge in [-0.1, -0.05) is 140 Å². The first-order valence-electron chi connectivity index (χ1n) is 16.6. The van der Waals surface area contributed by atoms with E-state index in [9.17, 15) is 0 Å². The standard InChI is InChI=1S/C46H32/c1-28-26-31-11-3-5-13-33(31)39-16-8-17-40(45(28)39)41-18-9-19-42(46(41)30-20-21-30)44-27-43-37-23-22-29-10-2-4-12-32(29)36(37)24-25-38(43)34-14-6-7-15-35(34)44/h2-19,22-27,30H,20-21H2,1H3. The molecule has 10 rings (SSSR count). The van der Waals surface area contributed by atoms with E-state index in [1.165, 1.54) is 111 Å². The average Bonchev–Trinajstić information content (AvgIpc) is 3.96. The van der Waals surface area contributed by atoms with Gasteiger partial charge in [-0.25, -0.2) is 0 Å². The van der Waals surface area contributed by atoms with Crippen molar-refractivity contribution in [1.29, 1.82) is 0 Å². The van der Waals surface area contributed by atoms with Gasteiger partial charge in [0, 0.05) is 0 Å². The Bertz CT molecular complexity index is 2700. The van der Waals surface area contributed by atoms with Gasteiger partial charge in [-0.05, 0) is 130 Å². The first-order valence-corrected chi connectivity index (χ1v) is 16.6. The minimum atomic E-state index is 0.577. The molecule has 9 aromatic carbocycles. The lowest BCUT2D eigenvalue weighted by Gasteiger charge is -2.20. The van der Waals surface area contributed by atoms with E-state index >= 15 is 0 Å². The molecule has 1 aliphatic rings. The average molecular weight is 585 g/mol. The highest BCUT2D eigenvalue weighted by molar-refractivity contribution is 6.24. The van der Waals surface area contributed by atoms with Crippen LogP contribution in [-0.2, 0) is 0 Å². The van der Waals surface area contributed by atoms with Gasteiger partial charge >= 0.3 is 0 Å². The van der Waals surface area contributed by atoms with Gasteiger partial charge in [0.25, 0.3) is 0 Å². The normalized spacial score (nSPS) is 13.5. The first kappa shape index (κ1) is 25.8. The van der Waals surface area contributed by atoms with E-state index in [0.717, 1.165) is 0 Å². The quantitative estimate of drug-likeness (QED) is 0.181. The topological polar surface area (TPSA) is 0 Å². The predicted molar refractivity (Wildman–Crippen MR) is 199 cm³/mol. The Morgan fingerprint density at radius 1 is 0.370 bits per heavy atom. The summed E-state index contributed by atoms with van der Waals surface area (Å²) in [5.41, 5.74) is 8.31. The molecule has 0 amide bonds. The molecule has 0 aromatic heterocycles. The maximum Gasteiger partial charge on any atom is -0.00696 e. The summed E-state index contributed by atoms with van der Waals surface area (Å²) in [5, 5.41) is 15.9. The van der Waals surface area contributed by atoms with E-state index in [-0.39, 0.29) is 0 Å². The molecular weight excluding hydrogens is 553 g/mol. The Balaban J connectivity index is 1.30. The maximum atomic E-state index is 2.50. The van der Waals surface area contributed by atoms with Gasteiger partial charge in [-0.3, -0.25) is 0 Å². The maximum absolute atomic E-state index is 2.50. The van der Waals surface area contributed by atoms with Gasteiger partial charge in [0.1, 0.15) is 0 Å². The number of hydrogen-bond donors (Lipinski definition) is 0. The molecule has 0 heterocycles. The largest absolute Gasteiger partial charge is 0.0616 e. The minimum absolute atomic E-state index is 0.577. The first-order chi connectivity index (χ1) is 22.7. The van der Waals surface area contributed by atoms with Crippen LogP contribution in [0.1, 0.15) is 29.9 Å². The van der Waals surface area contributed by atoms with E-state index in [2.05, 4.69) is 153 Å². The molecule has 216 valence electrons. The zero-order valence-corrected chi connectivity index (χ0v) is 25.8. The summed E-state index contributed by atoms with van der Waals surface area (Å²) in [6.07, 6.45) is 2.49. The Kier molecular flexibility index (Phi) is 5.48. The van der Waals surface area contributed by atoms with Gasteiger partial charge < -0.3 is 0 Å². The number of rotatable bonds is 3. The fourth-order valence-electron chi connectivity index (χ4n) is 8.35. The molecule has 1 saturated carbocycles. The fourth-order valence-corrected chi connectivity index (χ4v) is 8.35. The molecule has 0 saturated heterocycles. The highest BCUT2D eigenvalue weighted by Crippen LogP contribution is 2.52. The highest BCUT2D eigenvalue weighted by atomic mass is 14.3. The Morgan fingerprint density at radius 2 is 0.891 bits per heavy atom. The molecule has 0 heteroatoms. The third kappa shape index (κ3) is 3.74. The van der Waals surface area contributed by atoms with Crippen LogP contribution in [0.15, 0.2) is 146 Å². The van der Waals surface area contributed by atoms with Crippen LogP contribution in [0, 0.1) is 6.92 Å². The summed E-state index contributed by atoms with van der Waals surface area (Å²) in [5.74, 6) is 0.577. The van der Waals surface area contributed by atoms with Crippen molar-refractivity contribution >= 4 is 64.6 Å². The van der Waals surface area contributed by atoms with E-state index in [4.69, 9.17) is 0 Å². The third-order valence-electron chi connectivity index (χ3n) is 10.5. The van der Waals surface area contributed by atoms with Crippen LogP contribution in [0.4, 0.5) is 0 Å². The lowest BCUT2D eigenvalue weighted by atomic mass is 9.83. The van der Waals surface area contributed by atoms with Crippen molar-refractivity contribution in [1.82, 2.24) is 0 Å². The molecule has 0 atom stereocenters. The Hall–Kier alpha value is -5.46. The van der Waals surface area contributed by atoms with E-state index in [1.807, 2.05) is 0 Å². The molecule has 1 aliphatic carbocycles. The second-order valence-electron chi connectivity index (χ2n) is 13.2. The van der Waals surface area contributed by atoms with Crippen LogP contribution < -0.4 is 0 Å². The van der Waals surface area contributed by atoms with Crippen molar-refractivity contribution in [2.45, 2.75) is 25.7 Å². The monoisotopic (exact) mass is 584 g/mol. The van der Waals surface area contributed by atoms with Crippen LogP contribution in [0.5, 0.6) is 0 Å². The summed E-state index contributed by atoms with van der Waals surface area (Å²) >= 11 is 0. The van der Waals surface area contributed by atoms with Crippen molar-refractivity contribution in [3.05, 3.63) is 157 Å². The molecule has 0 radical (unpaired) electrons. The van der Waals surface area contributed by atoms with E-state index in [1.54, 1.807) is 0 Å². The molecule has 46 heavy (non-hydrogen) atoms. The summed E-state index contributed by atoms with van der Waals surface area (Å²) in [4.78, 5) is 0. The number of benzene rings is 9. The molecule has 0 nitrogen and oxygen atoms in total. The van der Waals surface area contributed by atoms with Gasteiger partial charge in [-0.2, -0.15) is 0 Å². The van der Waals surface area contributed by atoms with Crippen LogP contribution in [0.3, 0.4) is 0 Å². The van der Waals surface area contributed by atoms with Gasteiger partial charge in [-0.15, -0.1) is 0 Å². The van der Waals surface area contributed by atoms with Crippen LogP contribution >= 0.6 is 0 Å². The molecule has 0 unspecified atom stereocenters. The lowest BCUT2D eigenvalue weighted by Crippen LogP contribution is -1.96. The van der Waals surface area contributed by atoms with Crippen LogP contribution in [-0.4, -0.2) is 0 Å². The van der Waals surface area contributed by atoms with Crippen molar-refractivity contribution in [2.24, 2.45) is 0 Å². The zero-order valence-electron chi connectivity index (χ0n) is 25.8. The zero-order chi connectivity index (χ0) is 30.4. The van der Waals surface area contributed by atoms with Crippen molar-refractivity contribution in [3.8, 4) is 22.3 Å². The second kappa shape index (κ2) is 9.77. The Labute approximate surface area is 268 Å². The third-order valence-corrected chi connectivity index (χ3v) is 10.5. The fraction of sp³-hybridized carbons (Fsp3) is 0.0870. The van der Waals surface area contributed by atoms with E-state index in [0.29, 0.717) is 5.92 Å². The SMILES string of the molecule is Cc1cc2ccccc2c2cccc(-c3cccc(-c4cc5c(ccc6c7ccccc7ccc65)c5ccccc45)c3C3CC3)c12. The molecule has 1 fully saturated rings. The summed E-state index contributed by atoms with van der Waals surface area (Å²) in [6.45, 7) is 2.28. The number of fused-ring (bicyclic) bond motifs is 10. The second-order valence-corrected chi connectivity index (χ2v) is 13.2. The van der Waals surface area contributed by atoms with Crippen LogP contribution in [0.2, 0.25) is 0 Å². The van der Waals surface area contributed by atoms with Gasteiger partial charge in [0.15, 0.2) is 0 Å². The molecule has 0 N–H and O–H groups in total. The minimum Gasteiger partial charge on any atom is -0.0616 e. The van der Waals surface area contributed by atoms with Crippen molar-refractivity contribution in [2.75, 3.05) is 0 Å². The summed E-state index contributed by atoms with van der Waals surface area (Å²) < 4.78 is 0. The van der Waals surface area contributed by atoms with Gasteiger partial charge in [0.2, 0.25) is 0 Å². The number of aryl methyl sites for hydroxylation is 1. The summed E-state index contributed by atoms with van der Waals surface area (Å²) in [7, 11) is 0. The van der Waals surface area contributed by atoms with Crippen molar-refractivity contribution < 1.29 is 0 Å².